The molecule has 4 heteroatoms. The highest BCUT2D eigenvalue weighted by Crippen LogP contribution is 2.26. The number of hydrogen-bond acceptors (Lipinski definition) is 3. The van der Waals surface area contributed by atoms with Crippen LogP contribution in [0, 0.1) is 0 Å². The van der Waals surface area contributed by atoms with Crippen molar-refractivity contribution >= 4 is 26.9 Å². The number of hydrogen-bond donors (Lipinski definition) is 1. The molecule has 1 aliphatic heterocycles. The molecule has 0 bridgehead atoms. The number of furan rings is 1. The fourth-order valence-corrected chi connectivity index (χ4v) is 3.09. The van der Waals surface area contributed by atoms with Gasteiger partial charge in [-0.1, -0.05) is 12.1 Å². The fraction of sp³-hybridized carbons (Fsp3) is 0.467. The van der Waals surface area contributed by atoms with Crippen molar-refractivity contribution in [2.45, 2.75) is 19.4 Å². The van der Waals surface area contributed by atoms with E-state index in [2.05, 4.69) is 38.3 Å². The second kappa shape index (κ2) is 6.07. The van der Waals surface area contributed by atoms with E-state index in [-0.39, 0.29) is 0 Å². The molecular formula is C15H19BrN2O. The van der Waals surface area contributed by atoms with E-state index in [1.54, 1.807) is 0 Å². The van der Waals surface area contributed by atoms with E-state index >= 15 is 0 Å². The Morgan fingerprint density at radius 2 is 2.11 bits per heavy atom. The van der Waals surface area contributed by atoms with Crippen LogP contribution >= 0.6 is 15.9 Å². The van der Waals surface area contributed by atoms with Gasteiger partial charge in [-0.3, -0.25) is 0 Å². The monoisotopic (exact) mass is 322 g/mol. The SMILES string of the molecule is Brc1cccc2cc(CNCCN3CCCC3)oc12. The molecule has 1 aromatic heterocycles. The zero-order chi connectivity index (χ0) is 13.1. The van der Waals surface area contributed by atoms with Crippen LogP contribution in [0.5, 0.6) is 0 Å². The Kier molecular flexibility index (Phi) is 4.21. The van der Waals surface area contributed by atoms with Crippen molar-refractivity contribution in [2.75, 3.05) is 26.2 Å². The van der Waals surface area contributed by atoms with Gasteiger partial charge in [-0.2, -0.15) is 0 Å². The third-order valence-corrected chi connectivity index (χ3v) is 4.27. The van der Waals surface area contributed by atoms with Gasteiger partial charge in [0.1, 0.15) is 11.3 Å². The van der Waals surface area contributed by atoms with E-state index in [0.717, 1.165) is 40.8 Å². The van der Waals surface area contributed by atoms with Crippen LogP contribution < -0.4 is 5.32 Å². The largest absolute Gasteiger partial charge is 0.459 e. The molecule has 1 N–H and O–H groups in total. The van der Waals surface area contributed by atoms with E-state index in [1.807, 2.05) is 12.1 Å². The number of fused-ring (bicyclic) bond motifs is 1. The average molecular weight is 323 g/mol. The van der Waals surface area contributed by atoms with Gasteiger partial charge < -0.3 is 14.6 Å². The van der Waals surface area contributed by atoms with E-state index < -0.39 is 0 Å². The average Bonchev–Trinajstić information content (AvgIpc) is 3.04. The van der Waals surface area contributed by atoms with Gasteiger partial charge >= 0.3 is 0 Å². The molecule has 2 heterocycles. The fourth-order valence-electron chi connectivity index (χ4n) is 2.62. The maximum absolute atomic E-state index is 5.85. The minimum Gasteiger partial charge on any atom is -0.459 e. The maximum Gasteiger partial charge on any atom is 0.148 e. The van der Waals surface area contributed by atoms with Crippen molar-refractivity contribution in [1.82, 2.24) is 10.2 Å². The van der Waals surface area contributed by atoms with Crippen LogP contribution in [-0.2, 0) is 6.54 Å². The summed E-state index contributed by atoms with van der Waals surface area (Å²) in [6.45, 7) is 5.50. The van der Waals surface area contributed by atoms with Gasteiger partial charge in [-0.15, -0.1) is 0 Å². The van der Waals surface area contributed by atoms with Crippen molar-refractivity contribution in [2.24, 2.45) is 0 Å². The molecule has 0 radical (unpaired) electrons. The van der Waals surface area contributed by atoms with Crippen LogP contribution in [0.2, 0.25) is 0 Å². The summed E-state index contributed by atoms with van der Waals surface area (Å²) in [5, 5.41) is 4.62. The first-order chi connectivity index (χ1) is 9.33. The quantitative estimate of drug-likeness (QED) is 0.855. The normalized spacial score (nSPS) is 16.5. The third kappa shape index (κ3) is 3.19. The lowest BCUT2D eigenvalue weighted by atomic mass is 10.2. The highest BCUT2D eigenvalue weighted by atomic mass is 79.9. The van der Waals surface area contributed by atoms with Crippen LogP contribution in [0.15, 0.2) is 33.2 Å². The molecule has 0 spiro atoms. The highest BCUT2D eigenvalue weighted by Gasteiger charge is 2.10. The van der Waals surface area contributed by atoms with Gasteiger partial charge in [0.15, 0.2) is 0 Å². The predicted molar refractivity (Wildman–Crippen MR) is 81.3 cm³/mol. The number of halogens is 1. The number of likely N-dealkylation sites (tertiary alicyclic amines) is 1. The number of benzene rings is 1. The summed E-state index contributed by atoms with van der Waals surface area (Å²) in [7, 11) is 0. The minimum absolute atomic E-state index is 0.801. The molecule has 1 fully saturated rings. The molecule has 2 aromatic rings. The van der Waals surface area contributed by atoms with Crippen molar-refractivity contribution in [1.29, 1.82) is 0 Å². The lowest BCUT2D eigenvalue weighted by Crippen LogP contribution is -2.29. The lowest BCUT2D eigenvalue weighted by Gasteiger charge is -2.14. The molecule has 3 rings (SSSR count). The van der Waals surface area contributed by atoms with Crippen LogP contribution in [0.3, 0.4) is 0 Å². The molecule has 1 saturated heterocycles. The van der Waals surface area contributed by atoms with Gasteiger partial charge in [-0.25, -0.2) is 0 Å². The Labute approximate surface area is 122 Å². The van der Waals surface area contributed by atoms with Crippen LogP contribution in [0.25, 0.3) is 11.0 Å². The van der Waals surface area contributed by atoms with E-state index in [4.69, 9.17) is 4.42 Å². The summed E-state index contributed by atoms with van der Waals surface area (Å²) < 4.78 is 6.87. The summed E-state index contributed by atoms with van der Waals surface area (Å²) >= 11 is 3.52. The van der Waals surface area contributed by atoms with E-state index in [0.29, 0.717) is 0 Å². The summed E-state index contributed by atoms with van der Waals surface area (Å²) in [5.41, 5.74) is 0.943. The summed E-state index contributed by atoms with van der Waals surface area (Å²) in [4.78, 5) is 2.52. The number of nitrogens with one attached hydrogen (secondary N) is 1. The molecule has 1 aromatic carbocycles. The lowest BCUT2D eigenvalue weighted by molar-refractivity contribution is 0.333. The van der Waals surface area contributed by atoms with E-state index in [1.165, 1.54) is 25.9 Å². The Hall–Kier alpha value is -0.840. The zero-order valence-corrected chi connectivity index (χ0v) is 12.6. The first-order valence-corrected chi connectivity index (χ1v) is 7.72. The first kappa shape index (κ1) is 13.2. The molecule has 102 valence electrons. The standard InChI is InChI=1S/C15H19BrN2O/c16-14-5-3-4-12-10-13(19-15(12)14)11-17-6-9-18-7-1-2-8-18/h3-5,10,17H,1-2,6-9,11H2. The Bertz CT molecular complexity index is 546. The van der Waals surface area contributed by atoms with Gasteiger partial charge in [0.2, 0.25) is 0 Å². The topological polar surface area (TPSA) is 28.4 Å². The van der Waals surface area contributed by atoms with Crippen LogP contribution in [-0.4, -0.2) is 31.1 Å². The van der Waals surface area contributed by atoms with Gasteiger partial charge in [0, 0.05) is 18.5 Å². The summed E-state index contributed by atoms with van der Waals surface area (Å²) in [6.07, 6.45) is 2.72. The number of para-hydroxylation sites is 1. The molecule has 19 heavy (non-hydrogen) atoms. The third-order valence-electron chi connectivity index (χ3n) is 3.65. The van der Waals surface area contributed by atoms with Gasteiger partial charge in [0.05, 0.1) is 11.0 Å². The van der Waals surface area contributed by atoms with Gasteiger partial charge in [-0.05, 0) is 54.0 Å². The van der Waals surface area contributed by atoms with Crippen molar-refractivity contribution in [3.8, 4) is 0 Å². The molecule has 0 saturated carbocycles. The zero-order valence-electron chi connectivity index (χ0n) is 11.0. The number of rotatable bonds is 5. The molecule has 0 amide bonds. The van der Waals surface area contributed by atoms with Crippen molar-refractivity contribution in [3.05, 3.63) is 34.5 Å². The second-order valence-electron chi connectivity index (χ2n) is 5.10. The molecule has 1 aliphatic rings. The van der Waals surface area contributed by atoms with Crippen LogP contribution in [0.4, 0.5) is 0 Å². The Morgan fingerprint density at radius 3 is 2.89 bits per heavy atom. The Balaban J connectivity index is 1.52. The van der Waals surface area contributed by atoms with Crippen molar-refractivity contribution in [3.63, 3.8) is 0 Å². The maximum atomic E-state index is 5.85. The van der Waals surface area contributed by atoms with Crippen LogP contribution in [0.1, 0.15) is 18.6 Å². The molecule has 0 aliphatic carbocycles. The highest BCUT2D eigenvalue weighted by molar-refractivity contribution is 9.10. The van der Waals surface area contributed by atoms with Crippen molar-refractivity contribution < 1.29 is 4.42 Å². The minimum atomic E-state index is 0.801. The summed E-state index contributed by atoms with van der Waals surface area (Å²) in [5.74, 6) is 1.00. The predicted octanol–water partition coefficient (Wildman–Crippen LogP) is 3.38. The molecular weight excluding hydrogens is 304 g/mol. The molecule has 0 unspecified atom stereocenters. The van der Waals surface area contributed by atoms with E-state index in [9.17, 15) is 0 Å². The first-order valence-electron chi connectivity index (χ1n) is 6.93. The van der Waals surface area contributed by atoms with Gasteiger partial charge in [0.25, 0.3) is 0 Å². The smallest absolute Gasteiger partial charge is 0.148 e. The summed E-state index contributed by atoms with van der Waals surface area (Å²) in [6, 6.07) is 8.24. The second-order valence-corrected chi connectivity index (χ2v) is 5.95. The molecule has 3 nitrogen and oxygen atoms in total. The number of nitrogens with zero attached hydrogens (tertiary/aromatic N) is 1. The Morgan fingerprint density at radius 1 is 1.26 bits per heavy atom. The molecule has 0 atom stereocenters.